The molecule has 3 rings (SSSR count). The molecule has 0 spiro atoms. The van der Waals surface area contributed by atoms with E-state index >= 15 is 0 Å². The van der Waals surface area contributed by atoms with Crippen molar-refractivity contribution in [2.75, 3.05) is 7.11 Å². The van der Waals surface area contributed by atoms with Crippen molar-refractivity contribution < 1.29 is 19.2 Å². The maximum absolute atomic E-state index is 12.8. The van der Waals surface area contributed by atoms with Crippen LogP contribution in [-0.4, -0.2) is 23.8 Å². The first-order valence-corrected chi connectivity index (χ1v) is 9.70. The fraction of sp³-hybridized carbons (Fsp3) is 0.0833. The van der Waals surface area contributed by atoms with Gasteiger partial charge < -0.3 is 15.4 Å². The third-order valence-electron chi connectivity index (χ3n) is 4.56. The van der Waals surface area contributed by atoms with E-state index in [4.69, 9.17) is 4.74 Å². The number of methoxy groups -OCH3 is 1. The highest BCUT2D eigenvalue weighted by Gasteiger charge is 2.16. The molecule has 2 N–H and O–H groups in total. The largest absolute Gasteiger partial charge is 0.497 e. The number of nitrogens with zero attached hydrogens (tertiary/aromatic N) is 1. The molecule has 8 heteroatoms. The highest BCUT2D eigenvalue weighted by Crippen LogP contribution is 2.15. The molecule has 32 heavy (non-hydrogen) atoms. The molecular formula is C24H21N3O5. The number of ether oxygens (including phenoxy) is 1. The molecule has 0 aliphatic rings. The van der Waals surface area contributed by atoms with Crippen LogP contribution in [0.25, 0.3) is 6.08 Å². The lowest BCUT2D eigenvalue weighted by atomic mass is 10.1. The fourth-order valence-electron chi connectivity index (χ4n) is 2.83. The molecule has 162 valence electrons. The lowest BCUT2D eigenvalue weighted by molar-refractivity contribution is -0.384. The van der Waals surface area contributed by atoms with E-state index in [0.29, 0.717) is 11.3 Å². The van der Waals surface area contributed by atoms with Crippen molar-refractivity contribution in [2.45, 2.75) is 6.54 Å². The molecule has 0 aliphatic carbocycles. The summed E-state index contributed by atoms with van der Waals surface area (Å²) in [7, 11) is 1.55. The second-order valence-electron chi connectivity index (χ2n) is 6.76. The van der Waals surface area contributed by atoms with Crippen LogP contribution in [0.4, 0.5) is 5.69 Å². The molecule has 0 unspecified atom stereocenters. The minimum atomic E-state index is -0.561. The molecule has 0 atom stereocenters. The Morgan fingerprint density at radius 1 is 0.969 bits per heavy atom. The molecule has 0 bridgehead atoms. The molecule has 3 aromatic rings. The number of nitro benzene ring substituents is 1. The van der Waals surface area contributed by atoms with Crippen molar-refractivity contribution in [3.63, 3.8) is 0 Å². The van der Waals surface area contributed by atoms with Gasteiger partial charge in [-0.2, -0.15) is 0 Å². The van der Waals surface area contributed by atoms with Gasteiger partial charge in [-0.1, -0.05) is 42.5 Å². The van der Waals surface area contributed by atoms with Crippen molar-refractivity contribution in [1.82, 2.24) is 10.6 Å². The van der Waals surface area contributed by atoms with Crippen LogP contribution in [0.5, 0.6) is 5.75 Å². The average molecular weight is 431 g/mol. The van der Waals surface area contributed by atoms with Crippen molar-refractivity contribution in [2.24, 2.45) is 0 Å². The third-order valence-corrected chi connectivity index (χ3v) is 4.56. The number of carbonyl (C=O) groups excluding carboxylic acids is 2. The Kier molecular flexibility index (Phi) is 7.32. The summed E-state index contributed by atoms with van der Waals surface area (Å²) in [6.07, 6.45) is 1.54. The number of hydrogen-bond donors (Lipinski definition) is 2. The maximum atomic E-state index is 12.8. The van der Waals surface area contributed by atoms with Crippen LogP contribution < -0.4 is 15.4 Å². The molecule has 2 amide bonds. The van der Waals surface area contributed by atoms with Crippen LogP contribution in [-0.2, 0) is 11.3 Å². The number of amides is 2. The fourth-order valence-corrected chi connectivity index (χ4v) is 2.83. The molecule has 8 nitrogen and oxygen atoms in total. The molecular weight excluding hydrogens is 410 g/mol. The average Bonchev–Trinajstić information content (AvgIpc) is 2.83. The van der Waals surface area contributed by atoms with Gasteiger partial charge in [0, 0.05) is 24.2 Å². The van der Waals surface area contributed by atoms with E-state index < -0.39 is 16.7 Å². The highest BCUT2D eigenvalue weighted by molar-refractivity contribution is 6.05. The first kappa shape index (κ1) is 22.2. The quantitative estimate of drug-likeness (QED) is 0.321. The molecule has 3 aromatic carbocycles. The zero-order valence-corrected chi connectivity index (χ0v) is 17.3. The minimum absolute atomic E-state index is 0.0365. The van der Waals surface area contributed by atoms with E-state index in [-0.39, 0.29) is 23.5 Å². The summed E-state index contributed by atoms with van der Waals surface area (Å²) in [5.74, 6) is -0.374. The molecule has 0 fully saturated rings. The summed E-state index contributed by atoms with van der Waals surface area (Å²) in [6.45, 7) is 0.285. The van der Waals surface area contributed by atoms with Crippen molar-refractivity contribution in [1.29, 1.82) is 0 Å². The van der Waals surface area contributed by atoms with Crippen LogP contribution in [0, 0.1) is 10.1 Å². The Balaban J connectivity index is 1.81. The summed E-state index contributed by atoms with van der Waals surface area (Å²) < 4.78 is 5.14. The first-order valence-electron chi connectivity index (χ1n) is 9.70. The Morgan fingerprint density at radius 2 is 1.62 bits per heavy atom. The lowest BCUT2D eigenvalue weighted by Crippen LogP contribution is -2.34. The van der Waals surface area contributed by atoms with Gasteiger partial charge in [0.05, 0.1) is 12.0 Å². The Morgan fingerprint density at radius 3 is 2.22 bits per heavy atom. The molecule has 0 saturated heterocycles. The van der Waals surface area contributed by atoms with Crippen LogP contribution in [0.2, 0.25) is 0 Å². The van der Waals surface area contributed by atoms with E-state index in [0.717, 1.165) is 5.56 Å². The molecule has 0 radical (unpaired) electrons. The zero-order valence-electron chi connectivity index (χ0n) is 17.3. The molecule has 0 heterocycles. The Labute approximate surface area is 184 Å². The van der Waals surface area contributed by atoms with E-state index in [1.165, 1.54) is 24.3 Å². The number of hydrogen-bond acceptors (Lipinski definition) is 5. The van der Waals surface area contributed by atoms with Gasteiger partial charge in [0.15, 0.2) is 0 Å². The number of carbonyl (C=O) groups is 2. The van der Waals surface area contributed by atoms with Gasteiger partial charge in [0.25, 0.3) is 17.5 Å². The maximum Gasteiger partial charge on any atom is 0.269 e. The van der Waals surface area contributed by atoms with Crippen LogP contribution >= 0.6 is 0 Å². The SMILES string of the molecule is COc1ccc(/C=C(\NC(=O)c2ccc([N+](=O)[O-])cc2)C(=O)NCc2ccccc2)cc1. The van der Waals surface area contributed by atoms with Crippen molar-refractivity contribution in [3.8, 4) is 5.75 Å². The summed E-state index contributed by atoms with van der Waals surface area (Å²) in [6, 6.07) is 21.5. The lowest BCUT2D eigenvalue weighted by Gasteiger charge is -2.12. The van der Waals surface area contributed by atoms with E-state index in [1.54, 1.807) is 37.5 Å². The molecule has 0 saturated carbocycles. The van der Waals surface area contributed by atoms with E-state index in [1.807, 2.05) is 30.3 Å². The Hall–Kier alpha value is -4.46. The zero-order chi connectivity index (χ0) is 22.9. The van der Waals surface area contributed by atoms with Gasteiger partial charge in [-0.05, 0) is 41.5 Å². The summed E-state index contributed by atoms with van der Waals surface area (Å²) in [5, 5.41) is 16.2. The van der Waals surface area contributed by atoms with Crippen LogP contribution in [0.15, 0.2) is 84.6 Å². The number of benzene rings is 3. The van der Waals surface area contributed by atoms with Crippen LogP contribution in [0.1, 0.15) is 21.5 Å². The minimum Gasteiger partial charge on any atom is -0.497 e. The number of non-ortho nitro benzene ring substituents is 1. The highest BCUT2D eigenvalue weighted by atomic mass is 16.6. The topological polar surface area (TPSA) is 111 Å². The second-order valence-corrected chi connectivity index (χ2v) is 6.76. The first-order chi connectivity index (χ1) is 15.5. The predicted octanol–water partition coefficient (Wildman–Crippen LogP) is 3.69. The van der Waals surface area contributed by atoms with Gasteiger partial charge in [-0.25, -0.2) is 0 Å². The van der Waals surface area contributed by atoms with Gasteiger partial charge in [-0.3, -0.25) is 19.7 Å². The standard InChI is InChI=1S/C24H21N3O5/c1-32-21-13-7-17(8-14-21)15-22(24(29)25-16-18-5-3-2-4-6-18)26-23(28)19-9-11-20(12-10-19)27(30)31/h2-15H,16H2,1H3,(H,25,29)(H,26,28)/b22-15-. The van der Waals surface area contributed by atoms with Gasteiger partial charge >= 0.3 is 0 Å². The number of rotatable bonds is 8. The monoisotopic (exact) mass is 431 g/mol. The predicted molar refractivity (Wildman–Crippen MR) is 120 cm³/mol. The Bertz CT molecular complexity index is 1120. The molecule has 0 aromatic heterocycles. The smallest absolute Gasteiger partial charge is 0.269 e. The van der Waals surface area contributed by atoms with Gasteiger partial charge in [0.1, 0.15) is 11.4 Å². The van der Waals surface area contributed by atoms with Crippen LogP contribution in [0.3, 0.4) is 0 Å². The van der Waals surface area contributed by atoms with Crippen molar-refractivity contribution >= 4 is 23.6 Å². The van der Waals surface area contributed by atoms with Gasteiger partial charge in [0.2, 0.25) is 0 Å². The number of nitrogens with one attached hydrogen (secondary N) is 2. The van der Waals surface area contributed by atoms with Gasteiger partial charge in [-0.15, -0.1) is 0 Å². The summed E-state index contributed by atoms with van der Waals surface area (Å²) in [5.41, 5.74) is 1.68. The second kappa shape index (κ2) is 10.5. The van der Waals surface area contributed by atoms with E-state index in [2.05, 4.69) is 10.6 Å². The number of nitro groups is 1. The summed E-state index contributed by atoms with van der Waals surface area (Å²) >= 11 is 0. The molecule has 0 aliphatic heterocycles. The normalized spacial score (nSPS) is 10.8. The van der Waals surface area contributed by atoms with E-state index in [9.17, 15) is 19.7 Å². The van der Waals surface area contributed by atoms with Crippen molar-refractivity contribution in [3.05, 3.63) is 111 Å². The third kappa shape index (κ3) is 6.02. The summed E-state index contributed by atoms with van der Waals surface area (Å²) in [4.78, 5) is 35.8.